The lowest BCUT2D eigenvalue weighted by atomic mass is 10.2. The lowest BCUT2D eigenvalue weighted by molar-refractivity contribution is -0.122. The molecule has 2 rings (SSSR count). The van der Waals surface area contributed by atoms with Crippen molar-refractivity contribution in [2.75, 3.05) is 24.6 Å². The SMILES string of the molecule is CCN(CC(=O)NCc1ccc(C)s1)[C@H]1CCS(=O)(=O)C1. The molecule has 21 heavy (non-hydrogen) atoms. The number of rotatable bonds is 6. The second-order valence-corrected chi connectivity index (χ2v) is 9.01. The highest BCUT2D eigenvalue weighted by molar-refractivity contribution is 7.91. The molecule has 118 valence electrons. The molecule has 0 aliphatic carbocycles. The smallest absolute Gasteiger partial charge is 0.234 e. The molecule has 1 N–H and O–H groups in total. The predicted octanol–water partition coefficient (Wildman–Crippen LogP) is 1.18. The van der Waals surface area contributed by atoms with Crippen LogP contribution in [0.1, 0.15) is 23.1 Å². The molecule has 5 nitrogen and oxygen atoms in total. The fraction of sp³-hybridized carbons (Fsp3) is 0.643. The highest BCUT2D eigenvalue weighted by Gasteiger charge is 2.32. The van der Waals surface area contributed by atoms with E-state index in [0.29, 0.717) is 19.5 Å². The summed E-state index contributed by atoms with van der Waals surface area (Å²) in [7, 11) is -2.91. The molecule has 1 fully saturated rings. The molecule has 1 aliphatic rings. The quantitative estimate of drug-likeness (QED) is 0.851. The van der Waals surface area contributed by atoms with Crippen LogP contribution in [0.4, 0.5) is 0 Å². The van der Waals surface area contributed by atoms with Gasteiger partial charge in [0.2, 0.25) is 5.91 Å². The number of hydrogen-bond donors (Lipinski definition) is 1. The molecule has 0 saturated carbocycles. The molecular weight excluding hydrogens is 308 g/mol. The lowest BCUT2D eigenvalue weighted by Crippen LogP contribution is -2.43. The van der Waals surface area contributed by atoms with Crippen LogP contribution in [0.2, 0.25) is 0 Å². The van der Waals surface area contributed by atoms with E-state index in [1.807, 2.05) is 30.9 Å². The number of aryl methyl sites for hydroxylation is 1. The van der Waals surface area contributed by atoms with Gasteiger partial charge >= 0.3 is 0 Å². The number of nitrogens with one attached hydrogen (secondary N) is 1. The Balaban J connectivity index is 1.82. The van der Waals surface area contributed by atoms with Crippen molar-refractivity contribution in [3.05, 3.63) is 21.9 Å². The van der Waals surface area contributed by atoms with Gasteiger partial charge < -0.3 is 5.32 Å². The van der Waals surface area contributed by atoms with E-state index >= 15 is 0 Å². The van der Waals surface area contributed by atoms with Gasteiger partial charge in [-0.3, -0.25) is 9.69 Å². The Kier molecular flexibility index (Phi) is 5.40. The molecule has 0 aromatic carbocycles. The van der Waals surface area contributed by atoms with E-state index in [1.54, 1.807) is 11.3 Å². The topological polar surface area (TPSA) is 66.5 Å². The monoisotopic (exact) mass is 330 g/mol. The van der Waals surface area contributed by atoms with Gasteiger partial charge in [-0.15, -0.1) is 11.3 Å². The summed E-state index contributed by atoms with van der Waals surface area (Å²) < 4.78 is 23.1. The number of likely N-dealkylation sites (N-methyl/N-ethyl adjacent to an activating group) is 1. The van der Waals surface area contributed by atoms with E-state index in [4.69, 9.17) is 0 Å². The Bertz CT molecular complexity index is 595. The first-order valence-corrected chi connectivity index (χ1v) is 9.80. The lowest BCUT2D eigenvalue weighted by Gasteiger charge is -2.25. The fourth-order valence-corrected chi connectivity index (χ4v) is 5.16. The van der Waals surface area contributed by atoms with Crippen LogP contribution >= 0.6 is 11.3 Å². The van der Waals surface area contributed by atoms with E-state index < -0.39 is 9.84 Å². The van der Waals surface area contributed by atoms with Gasteiger partial charge in [-0.05, 0) is 32.0 Å². The minimum absolute atomic E-state index is 0.0188. The summed E-state index contributed by atoms with van der Waals surface area (Å²) in [5.41, 5.74) is 0. The molecule has 1 aromatic rings. The zero-order valence-electron chi connectivity index (χ0n) is 12.5. The van der Waals surface area contributed by atoms with Crippen molar-refractivity contribution >= 4 is 27.1 Å². The Hall–Kier alpha value is -0.920. The minimum Gasteiger partial charge on any atom is -0.350 e. The van der Waals surface area contributed by atoms with Gasteiger partial charge in [-0.25, -0.2) is 8.42 Å². The van der Waals surface area contributed by atoms with E-state index in [-0.39, 0.29) is 30.0 Å². The van der Waals surface area contributed by atoms with Gasteiger partial charge in [0, 0.05) is 15.8 Å². The summed E-state index contributed by atoms with van der Waals surface area (Å²) in [5, 5.41) is 2.90. The van der Waals surface area contributed by atoms with Crippen molar-refractivity contribution in [2.24, 2.45) is 0 Å². The van der Waals surface area contributed by atoms with Crippen molar-refractivity contribution in [1.82, 2.24) is 10.2 Å². The molecule has 0 radical (unpaired) electrons. The second-order valence-electron chi connectivity index (χ2n) is 5.41. The van der Waals surface area contributed by atoms with Crippen molar-refractivity contribution < 1.29 is 13.2 Å². The number of nitrogens with zero attached hydrogens (tertiary/aromatic N) is 1. The van der Waals surface area contributed by atoms with Gasteiger partial charge in [0.1, 0.15) is 0 Å². The maximum Gasteiger partial charge on any atom is 0.234 e. The van der Waals surface area contributed by atoms with Crippen molar-refractivity contribution in [3.8, 4) is 0 Å². The summed E-state index contributed by atoms with van der Waals surface area (Å²) in [6, 6.07) is 4.03. The number of carbonyl (C=O) groups excluding carboxylic acids is 1. The average molecular weight is 330 g/mol. The zero-order valence-corrected chi connectivity index (χ0v) is 14.1. The minimum atomic E-state index is -2.91. The summed E-state index contributed by atoms with van der Waals surface area (Å²) >= 11 is 1.67. The molecule has 1 atom stereocenters. The molecule has 0 spiro atoms. The Morgan fingerprint density at radius 3 is 2.76 bits per heavy atom. The second kappa shape index (κ2) is 6.89. The summed E-state index contributed by atoms with van der Waals surface area (Å²) in [4.78, 5) is 16.3. The third-order valence-corrected chi connectivity index (χ3v) is 6.48. The molecule has 0 unspecified atom stereocenters. The van der Waals surface area contributed by atoms with Crippen LogP contribution in [-0.2, 0) is 21.2 Å². The first-order chi connectivity index (χ1) is 9.89. The predicted molar refractivity (Wildman–Crippen MR) is 85.2 cm³/mol. The summed E-state index contributed by atoms with van der Waals surface area (Å²) in [6.07, 6.45) is 0.633. The standard InChI is InChI=1S/C14H22N2O3S2/c1-3-16(12-6-7-21(18,19)10-12)9-14(17)15-8-13-5-4-11(2)20-13/h4-5,12H,3,6-10H2,1-2H3,(H,15,17)/t12-/m0/s1. The van der Waals surface area contributed by atoms with Gasteiger partial charge in [-0.1, -0.05) is 6.92 Å². The highest BCUT2D eigenvalue weighted by atomic mass is 32.2. The van der Waals surface area contributed by atoms with Crippen LogP contribution < -0.4 is 5.32 Å². The molecule has 7 heteroatoms. The van der Waals surface area contributed by atoms with Crippen molar-refractivity contribution in [3.63, 3.8) is 0 Å². The normalized spacial score (nSPS) is 20.8. The van der Waals surface area contributed by atoms with Gasteiger partial charge in [0.25, 0.3) is 0 Å². The van der Waals surface area contributed by atoms with Crippen LogP contribution in [-0.4, -0.2) is 49.9 Å². The van der Waals surface area contributed by atoms with E-state index in [0.717, 1.165) is 4.88 Å². The molecular formula is C14H22N2O3S2. The molecule has 1 saturated heterocycles. The summed E-state index contributed by atoms with van der Waals surface area (Å²) in [5.74, 6) is 0.370. The van der Waals surface area contributed by atoms with Crippen molar-refractivity contribution in [2.45, 2.75) is 32.9 Å². The Morgan fingerprint density at radius 2 is 2.24 bits per heavy atom. The molecule has 1 amide bonds. The van der Waals surface area contributed by atoms with E-state index in [1.165, 1.54) is 4.88 Å². The largest absolute Gasteiger partial charge is 0.350 e. The molecule has 2 heterocycles. The van der Waals surface area contributed by atoms with Gasteiger partial charge in [-0.2, -0.15) is 0 Å². The van der Waals surface area contributed by atoms with Crippen LogP contribution in [0.15, 0.2) is 12.1 Å². The zero-order chi connectivity index (χ0) is 15.5. The van der Waals surface area contributed by atoms with Gasteiger partial charge in [0.15, 0.2) is 9.84 Å². The highest BCUT2D eigenvalue weighted by Crippen LogP contribution is 2.17. The third-order valence-electron chi connectivity index (χ3n) is 3.73. The molecule has 1 aliphatic heterocycles. The van der Waals surface area contributed by atoms with E-state index in [2.05, 4.69) is 5.32 Å². The van der Waals surface area contributed by atoms with Crippen LogP contribution in [0, 0.1) is 6.92 Å². The third kappa shape index (κ3) is 4.79. The maximum absolute atomic E-state index is 12.0. The number of thiophene rings is 1. The summed E-state index contributed by atoms with van der Waals surface area (Å²) in [6.45, 7) is 5.49. The Labute approximate surface area is 130 Å². The average Bonchev–Trinajstić information content (AvgIpc) is 2.99. The maximum atomic E-state index is 12.0. The van der Waals surface area contributed by atoms with Crippen LogP contribution in [0.3, 0.4) is 0 Å². The Morgan fingerprint density at radius 1 is 1.48 bits per heavy atom. The fourth-order valence-electron chi connectivity index (χ4n) is 2.57. The molecule has 0 bridgehead atoms. The first-order valence-electron chi connectivity index (χ1n) is 7.16. The number of amides is 1. The van der Waals surface area contributed by atoms with Crippen LogP contribution in [0.5, 0.6) is 0 Å². The number of hydrogen-bond acceptors (Lipinski definition) is 5. The first kappa shape index (κ1) is 16.5. The van der Waals surface area contributed by atoms with Crippen LogP contribution in [0.25, 0.3) is 0 Å². The van der Waals surface area contributed by atoms with Crippen molar-refractivity contribution in [1.29, 1.82) is 0 Å². The van der Waals surface area contributed by atoms with Gasteiger partial charge in [0.05, 0.1) is 24.6 Å². The number of carbonyl (C=O) groups is 1. The van der Waals surface area contributed by atoms with E-state index in [9.17, 15) is 13.2 Å². The number of sulfone groups is 1. The molecule has 1 aromatic heterocycles.